The first-order valence-electron chi connectivity index (χ1n) is 13.7. The Morgan fingerprint density at radius 3 is 2.32 bits per heavy atom. The zero-order valence-electron chi connectivity index (χ0n) is 20.9. The Morgan fingerprint density at radius 2 is 1.65 bits per heavy atom. The highest BCUT2D eigenvalue weighted by molar-refractivity contribution is 5.38. The van der Waals surface area contributed by atoms with Crippen LogP contribution in [-0.2, 0) is 0 Å². The van der Waals surface area contributed by atoms with E-state index in [0.717, 1.165) is 43.4 Å². The van der Waals surface area contributed by atoms with E-state index >= 15 is 0 Å². The summed E-state index contributed by atoms with van der Waals surface area (Å²) in [6.07, 6.45) is 15.6. The Labute approximate surface area is 191 Å². The second-order valence-corrected chi connectivity index (χ2v) is 13.5. The van der Waals surface area contributed by atoms with Gasteiger partial charge in [-0.25, -0.2) is 0 Å². The third kappa shape index (κ3) is 3.24. The van der Waals surface area contributed by atoms with Gasteiger partial charge in [-0.1, -0.05) is 65.5 Å². The van der Waals surface area contributed by atoms with Crippen molar-refractivity contribution in [1.82, 2.24) is 0 Å². The van der Waals surface area contributed by atoms with Crippen LogP contribution in [0.15, 0.2) is 11.6 Å². The van der Waals surface area contributed by atoms with E-state index in [1.54, 1.807) is 0 Å². The largest absolute Gasteiger partial charge is 0.392 e. The predicted molar refractivity (Wildman–Crippen MR) is 127 cm³/mol. The van der Waals surface area contributed by atoms with Crippen LogP contribution < -0.4 is 0 Å². The van der Waals surface area contributed by atoms with Crippen molar-refractivity contribution in [2.75, 3.05) is 0 Å². The van der Waals surface area contributed by atoms with Gasteiger partial charge in [0, 0.05) is 5.41 Å². The van der Waals surface area contributed by atoms with Gasteiger partial charge >= 0.3 is 0 Å². The molecule has 0 unspecified atom stereocenters. The van der Waals surface area contributed by atoms with Crippen molar-refractivity contribution in [3.8, 4) is 0 Å². The standard InChI is InChI=1S/C29H48O2/c1-18(2)7-6-8-19(3)20-9-10-21-26-22(11-13-27(20,21)4)28(5)14-12-25(31)29(15-16-29)24(28)17-23(26)30/h17-23,25-26,30-31H,6-16H2,1-5H3/t19-,20-,21+,22+,23+,25+,26+,27-,28-/m1/s1. The molecule has 2 nitrogen and oxygen atoms in total. The Bertz CT molecular complexity index is 720. The Morgan fingerprint density at radius 1 is 0.903 bits per heavy atom. The van der Waals surface area contributed by atoms with Crippen molar-refractivity contribution in [2.24, 2.45) is 51.8 Å². The molecule has 0 bridgehead atoms. The van der Waals surface area contributed by atoms with E-state index in [9.17, 15) is 10.2 Å². The molecule has 0 radical (unpaired) electrons. The molecule has 5 aliphatic rings. The second-order valence-electron chi connectivity index (χ2n) is 13.5. The molecule has 5 rings (SSSR count). The lowest BCUT2D eigenvalue weighted by molar-refractivity contribution is -0.105. The van der Waals surface area contributed by atoms with Gasteiger partial charge in [-0.15, -0.1) is 0 Å². The molecule has 0 aromatic heterocycles. The normalized spacial score (nSPS) is 48.7. The van der Waals surface area contributed by atoms with Gasteiger partial charge in [-0.3, -0.25) is 0 Å². The van der Waals surface area contributed by atoms with E-state index < -0.39 is 0 Å². The predicted octanol–water partition coefficient (Wildman–Crippen LogP) is 6.75. The highest BCUT2D eigenvalue weighted by Gasteiger charge is 2.66. The maximum atomic E-state index is 11.5. The van der Waals surface area contributed by atoms with E-state index in [-0.39, 0.29) is 23.0 Å². The van der Waals surface area contributed by atoms with Crippen molar-refractivity contribution in [3.05, 3.63) is 11.6 Å². The molecule has 9 atom stereocenters. The molecule has 2 N–H and O–H groups in total. The fourth-order valence-electron chi connectivity index (χ4n) is 9.80. The van der Waals surface area contributed by atoms with Crippen LogP contribution in [0, 0.1) is 51.8 Å². The Hall–Kier alpha value is -0.340. The summed E-state index contributed by atoms with van der Waals surface area (Å²) in [6.45, 7) is 12.3. The van der Waals surface area contributed by atoms with E-state index in [2.05, 4.69) is 40.7 Å². The zero-order valence-corrected chi connectivity index (χ0v) is 20.9. The van der Waals surface area contributed by atoms with Gasteiger partial charge in [0.05, 0.1) is 12.2 Å². The summed E-state index contributed by atoms with van der Waals surface area (Å²) in [7, 11) is 0. The minimum absolute atomic E-state index is 0.0306. The number of hydrogen-bond acceptors (Lipinski definition) is 2. The van der Waals surface area contributed by atoms with Crippen molar-refractivity contribution in [1.29, 1.82) is 0 Å². The fraction of sp³-hybridized carbons (Fsp3) is 0.931. The molecule has 1 spiro atoms. The lowest BCUT2D eigenvalue weighted by Gasteiger charge is -2.61. The number of aliphatic hydroxyl groups excluding tert-OH is 2. The van der Waals surface area contributed by atoms with Gasteiger partial charge in [0.2, 0.25) is 0 Å². The summed E-state index contributed by atoms with van der Waals surface area (Å²) in [6, 6.07) is 0. The van der Waals surface area contributed by atoms with Gasteiger partial charge in [-0.2, -0.15) is 0 Å². The van der Waals surface area contributed by atoms with E-state index in [4.69, 9.17) is 0 Å². The van der Waals surface area contributed by atoms with E-state index in [1.807, 2.05) is 0 Å². The first-order chi connectivity index (χ1) is 14.6. The van der Waals surface area contributed by atoms with Gasteiger partial charge in [0.1, 0.15) is 0 Å². The first kappa shape index (κ1) is 22.5. The van der Waals surface area contributed by atoms with Gasteiger partial charge in [-0.05, 0) is 97.7 Å². The molecule has 0 aliphatic heterocycles. The quantitative estimate of drug-likeness (QED) is 0.475. The van der Waals surface area contributed by atoms with Crippen LogP contribution >= 0.6 is 0 Å². The molecular weight excluding hydrogens is 380 g/mol. The Kier molecular flexibility index (Phi) is 5.50. The number of rotatable bonds is 5. The van der Waals surface area contributed by atoms with Gasteiger partial charge < -0.3 is 10.2 Å². The van der Waals surface area contributed by atoms with Crippen LogP contribution in [0.4, 0.5) is 0 Å². The molecule has 2 heteroatoms. The molecule has 0 aromatic carbocycles. The lowest BCUT2D eigenvalue weighted by Crippen LogP contribution is -2.56. The third-order valence-corrected chi connectivity index (χ3v) is 11.6. The number of fused-ring (bicyclic) bond motifs is 6. The fourth-order valence-corrected chi connectivity index (χ4v) is 9.80. The van der Waals surface area contributed by atoms with Crippen molar-refractivity contribution in [2.45, 2.75) is 117 Å². The van der Waals surface area contributed by atoms with Crippen molar-refractivity contribution < 1.29 is 10.2 Å². The molecule has 5 aliphatic carbocycles. The first-order valence-corrected chi connectivity index (χ1v) is 13.7. The second kappa shape index (κ2) is 7.59. The minimum atomic E-state index is -0.296. The van der Waals surface area contributed by atoms with Crippen LogP contribution in [0.2, 0.25) is 0 Å². The SMILES string of the molecule is CC(C)CCC[C@@H](C)[C@H]1CC[C@H]2[C@@H]3[C@@H](O)C=C4C5(CC5)[C@@H](O)CC[C@]4(C)[C@H]3CC[C@]12C. The molecule has 0 amide bonds. The average molecular weight is 429 g/mol. The molecule has 4 fully saturated rings. The summed E-state index contributed by atoms with van der Waals surface area (Å²) in [5.41, 5.74) is 2.12. The highest BCUT2D eigenvalue weighted by atomic mass is 16.3. The van der Waals surface area contributed by atoms with E-state index in [0.29, 0.717) is 23.2 Å². The minimum Gasteiger partial charge on any atom is -0.392 e. The van der Waals surface area contributed by atoms with Crippen molar-refractivity contribution >= 4 is 0 Å². The average Bonchev–Trinajstić information content (AvgIpc) is 3.42. The van der Waals surface area contributed by atoms with Gasteiger partial charge in [0.25, 0.3) is 0 Å². The summed E-state index contributed by atoms with van der Waals surface area (Å²) in [5, 5.41) is 22.3. The van der Waals surface area contributed by atoms with Crippen molar-refractivity contribution in [3.63, 3.8) is 0 Å². The smallest absolute Gasteiger partial charge is 0.0757 e. The lowest BCUT2D eigenvalue weighted by atomic mass is 9.45. The zero-order chi connectivity index (χ0) is 22.2. The summed E-state index contributed by atoms with van der Waals surface area (Å²) < 4.78 is 0. The van der Waals surface area contributed by atoms with Crippen LogP contribution in [0.5, 0.6) is 0 Å². The third-order valence-electron chi connectivity index (χ3n) is 11.6. The monoisotopic (exact) mass is 428 g/mol. The Balaban J connectivity index is 1.39. The number of hydrogen-bond donors (Lipinski definition) is 2. The summed E-state index contributed by atoms with van der Waals surface area (Å²) in [5.74, 6) is 4.19. The van der Waals surface area contributed by atoms with E-state index in [1.165, 1.54) is 50.5 Å². The molecule has 0 aromatic rings. The maximum Gasteiger partial charge on any atom is 0.0757 e. The molecule has 31 heavy (non-hydrogen) atoms. The molecule has 4 saturated carbocycles. The summed E-state index contributed by atoms with van der Waals surface area (Å²) >= 11 is 0. The van der Waals surface area contributed by atoms with Gasteiger partial charge in [0.15, 0.2) is 0 Å². The maximum absolute atomic E-state index is 11.5. The molecule has 176 valence electrons. The number of aliphatic hydroxyl groups is 2. The van der Waals surface area contributed by atoms with Crippen LogP contribution in [0.3, 0.4) is 0 Å². The molecule has 0 heterocycles. The molecule has 0 saturated heterocycles. The summed E-state index contributed by atoms with van der Waals surface area (Å²) in [4.78, 5) is 0. The highest BCUT2D eigenvalue weighted by Crippen LogP contribution is 2.72. The van der Waals surface area contributed by atoms with Crippen LogP contribution in [0.25, 0.3) is 0 Å². The van der Waals surface area contributed by atoms with Crippen LogP contribution in [0.1, 0.15) is 105 Å². The van der Waals surface area contributed by atoms with Crippen LogP contribution in [-0.4, -0.2) is 22.4 Å². The molecular formula is C29H48O2. The topological polar surface area (TPSA) is 40.5 Å².